The molecule has 1 aromatic carbocycles. The summed E-state index contributed by atoms with van der Waals surface area (Å²) in [4.78, 5) is 0. The Bertz CT molecular complexity index is 339. The van der Waals surface area contributed by atoms with E-state index in [-0.39, 0.29) is 12.1 Å². The predicted octanol–water partition coefficient (Wildman–Crippen LogP) is 2.23. The molecule has 0 saturated heterocycles. The first-order chi connectivity index (χ1) is 7.60. The molecule has 0 heterocycles. The highest BCUT2D eigenvalue weighted by molar-refractivity contribution is 5.35. The Morgan fingerprint density at radius 1 is 1.38 bits per heavy atom. The zero-order valence-electron chi connectivity index (χ0n) is 10.6. The van der Waals surface area contributed by atoms with Crippen molar-refractivity contribution in [1.29, 1.82) is 0 Å². The van der Waals surface area contributed by atoms with Gasteiger partial charge in [-0.15, -0.1) is 0 Å². The second kappa shape index (κ2) is 5.99. The smallest absolute Gasteiger partial charge is 0.0561 e. The fourth-order valence-electron chi connectivity index (χ4n) is 1.86. The molecule has 16 heavy (non-hydrogen) atoms. The van der Waals surface area contributed by atoms with Crippen molar-refractivity contribution in [3.63, 3.8) is 0 Å². The number of benzene rings is 1. The summed E-state index contributed by atoms with van der Waals surface area (Å²) in [5.74, 6) is 5.62. The first-order valence-corrected chi connectivity index (χ1v) is 5.65. The maximum absolute atomic E-state index is 5.62. The highest BCUT2D eigenvalue weighted by atomic mass is 16.5. The topological polar surface area (TPSA) is 47.3 Å². The molecule has 0 aliphatic heterocycles. The van der Waals surface area contributed by atoms with Crippen LogP contribution in [0, 0.1) is 13.8 Å². The molecule has 2 unspecified atom stereocenters. The van der Waals surface area contributed by atoms with Gasteiger partial charge in [0.25, 0.3) is 0 Å². The van der Waals surface area contributed by atoms with Gasteiger partial charge < -0.3 is 4.74 Å². The van der Waals surface area contributed by atoms with Crippen LogP contribution in [0.25, 0.3) is 0 Å². The first-order valence-electron chi connectivity index (χ1n) is 5.65. The molecule has 0 aliphatic carbocycles. The second-order valence-corrected chi connectivity index (χ2v) is 4.29. The zero-order valence-corrected chi connectivity index (χ0v) is 10.6. The molecule has 3 heteroatoms. The lowest BCUT2D eigenvalue weighted by Gasteiger charge is -2.22. The average Bonchev–Trinajstić information content (AvgIpc) is 2.29. The summed E-state index contributed by atoms with van der Waals surface area (Å²) < 4.78 is 5.28. The molecule has 3 nitrogen and oxygen atoms in total. The molecule has 0 bridgehead atoms. The molecule has 1 aromatic rings. The van der Waals surface area contributed by atoms with E-state index >= 15 is 0 Å². The summed E-state index contributed by atoms with van der Waals surface area (Å²) in [5.41, 5.74) is 6.72. The fraction of sp³-hybridized carbons (Fsp3) is 0.538. The van der Waals surface area contributed by atoms with Gasteiger partial charge in [-0.1, -0.05) is 18.2 Å². The van der Waals surface area contributed by atoms with Crippen LogP contribution in [0.4, 0.5) is 0 Å². The van der Waals surface area contributed by atoms with Crippen molar-refractivity contribution in [1.82, 2.24) is 5.43 Å². The van der Waals surface area contributed by atoms with Crippen molar-refractivity contribution < 1.29 is 4.74 Å². The standard InChI is InChI=1S/C13H22N2O/c1-9-6-5-7-12(11(9)3)13(15-14)8-10(2)16-4/h5-7,10,13,15H,8,14H2,1-4H3. The van der Waals surface area contributed by atoms with E-state index < -0.39 is 0 Å². The summed E-state index contributed by atoms with van der Waals surface area (Å²) in [6, 6.07) is 6.45. The van der Waals surface area contributed by atoms with E-state index in [1.54, 1.807) is 7.11 Å². The van der Waals surface area contributed by atoms with Crippen LogP contribution in [0.5, 0.6) is 0 Å². The van der Waals surface area contributed by atoms with Crippen molar-refractivity contribution in [2.45, 2.75) is 39.3 Å². The van der Waals surface area contributed by atoms with Gasteiger partial charge in [0.2, 0.25) is 0 Å². The highest BCUT2D eigenvalue weighted by Crippen LogP contribution is 2.24. The molecule has 0 aliphatic rings. The largest absolute Gasteiger partial charge is 0.382 e. The van der Waals surface area contributed by atoms with E-state index in [1.807, 2.05) is 0 Å². The number of aryl methyl sites for hydroxylation is 1. The van der Waals surface area contributed by atoms with Gasteiger partial charge in [0.1, 0.15) is 0 Å². The van der Waals surface area contributed by atoms with Crippen LogP contribution in [-0.4, -0.2) is 13.2 Å². The van der Waals surface area contributed by atoms with Gasteiger partial charge in [0, 0.05) is 13.2 Å². The van der Waals surface area contributed by atoms with E-state index in [9.17, 15) is 0 Å². The first kappa shape index (κ1) is 13.2. The van der Waals surface area contributed by atoms with Crippen LogP contribution >= 0.6 is 0 Å². The van der Waals surface area contributed by atoms with Gasteiger partial charge in [-0.3, -0.25) is 11.3 Å². The molecule has 0 fully saturated rings. The number of hydrogen-bond donors (Lipinski definition) is 2. The van der Waals surface area contributed by atoms with Crippen LogP contribution in [0.2, 0.25) is 0 Å². The maximum Gasteiger partial charge on any atom is 0.0561 e. The van der Waals surface area contributed by atoms with Crippen molar-refractivity contribution in [3.8, 4) is 0 Å². The Hall–Kier alpha value is -0.900. The van der Waals surface area contributed by atoms with Crippen molar-refractivity contribution in [3.05, 3.63) is 34.9 Å². The van der Waals surface area contributed by atoms with Crippen molar-refractivity contribution in [2.75, 3.05) is 7.11 Å². The highest BCUT2D eigenvalue weighted by Gasteiger charge is 2.15. The molecule has 0 radical (unpaired) electrons. The molecule has 0 saturated carbocycles. The van der Waals surface area contributed by atoms with Gasteiger partial charge in [-0.2, -0.15) is 0 Å². The lowest BCUT2D eigenvalue weighted by atomic mass is 9.94. The molecular formula is C13H22N2O. The summed E-state index contributed by atoms with van der Waals surface area (Å²) in [6.45, 7) is 6.30. The fourth-order valence-corrected chi connectivity index (χ4v) is 1.86. The Labute approximate surface area is 98.0 Å². The zero-order chi connectivity index (χ0) is 12.1. The average molecular weight is 222 g/mol. The number of methoxy groups -OCH3 is 1. The molecule has 0 aromatic heterocycles. The number of nitrogens with two attached hydrogens (primary N) is 1. The number of ether oxygens (including phenoxy) is 1. The molecule has 1 rings (SSSR count). The van der Waals surface area contributed by atoms with Gasteiger partial charge in [-0.25, -0.2) is 0 Å². The van der Waals surface area contributed by atoms with Crippen LogP contribution in [0.15, 0.2) is 18.2 Å². The summed E-state index contributed by atoms with van der Waals surface area (Å²) in [7, 11) is 1.72. The van der Waals surface area contributed by atoms with Crippen LogP contribution < -0.4 is 11.3 Å². The van der Waals surface area contributed by atoms with Gasteiger partial charge in [-0.05, 0) is 43.9 Å². The van der Waals surface area contributed by atoms with E-state index in [0.29, 0.717) is 0 Å². The maximum atomic E-state index is 5.62. The SMILES string of the molecule is COC(C)CC(NN)c1cccc(C)c1C. The van der Waals surface area contributed by atoms with Gasteiger partial charge in [0.05, 0.1) is 6.10 Å². The quantitative estimate of drug-likeness (QED) is 0.593. The molecule has 3 N–H and O–H groups in total. The third-order valence-corrected chi connectivity index (χ3v) is 3.19. The van der Waals surface area contributed by atoms with Gasteiger partial charge >= 0.3 is 0 Å². The van der Waals surface area contributed by atoms with Crippen molar-refractivity contribution >= 4 is 0 Å². The summed E-state index contributed by atoms with van der Waals surface area (Å²) in [6.07, 6.45) is 1.07. The van der Waals surface area contributed by atoms with E-state index in [0.717, 1.165) is 6.42 Å². The van der Waals surface area contributed by atoms with E-state index in [1.165, 1.54) is 16.7 Å². The van der Waals surface area contributed by atoms with Crippen LogP contribution in [0.1, 0.15) is 36.1 Å². The molecule has 90 valence electrons. The molecular weight excluding hydrogens is 200 g/mol. The Balaban J connectivity index is 2.90. The molecule has 0 spiro atoms. The number of hydrazine groups is 1. The van der Waals surface area contributed by atoms with Crippen molar-refractivity contribution in [2.24, 2.45) is 5.84 Å². The Kier molecular flexibility index (Phi) is 4.93. The number of rotatable bonds is 5. The monoisotopic (exact) mass is 222 g/mol. The van der Waals surface area contributed by atoms with Gasteiger partial charge in [0.15, 0.2) is 0 Å². The number of nitrogens with one attached hydrogen (secondary N) is 1. The summed E-state index contributed by atoms with van der Waals surface area (Å²) in [5, 5.41) is 0. The normalized spacial score (nSPS) is 14.8. The second-order valence-electron chi connectivity index (χ2n) is 4.29. The van der Waals surface area contributed by atoms with Crippen LogP contribution in [-0.2, 0) is 4.74 Å². The Morgan fingerprint density at radius 2 is 2.06 bits per heavy atom. The van der Waals surface area contributed by atoms with E-state index in [4.69, 9.17) is 10.6 Å². The predicted molar refractivity (Wildman–Crippen MR) is 67.1 cm³/mol. The minimum Gasteiger partial charge on any atom is -0.382 e. The third kappa shape index (κ3) is 3.04. The van der Waals surface area contributed by atoms with Crippen LogP contribution in [0.3, 0.4) is 0 Å². The molecule has 0 amide bonds. The number of hydrogen-bond acceptors (Lipinski definition) is 3. The minimum atomic E-state index is 0.148. The lowest BCUT2D eigenvalue weighted by molar-refractivity contribution is 0.100. The summed E-state index contributed by atoms with van der Waals surface area (Å²) >= 11 is 0. The molecule has 2 atom stereocenters. The third-order valence-electron chi connectivity index (χ3n) is 3.19. The minimum absolute atomic E-state index is 0.148. The Morgan fingerprint density at radius 3 is 2.62 bits per heavy atom. The van der Waals surface area contributed by atoms with E-state index in [2.05, 4.69) is 44.4 Å². The lowest BCUT2D eigenvalue weighted by Crippen LogP contribution is -2.31.